The number of hydrogen-bond acceptors (Lipinski definition) is 3. The van der Waals surface area contributed by atoms with Crippen molar-refractivity contribution in [2.24, 2.45) is 0 Å². The molecule has 0 radical (unpaired) electrons. The summed E-state index contributed by atoms with van der Waals surface area (Å²) in [5, 5.41) is 3.15. The summed E-state index contributed by atoms with van der Waals surface area (Å²) in [6, 6.07) is 14.2. The molecule has 1 saturated heterocycles. The molecule has 2 amide bonds. The maximum Gasteiger partial charge on any atom is 0.270 e. The van der Waals surface area contributed by atoms with Crippen molar-refractivity contribution in [1.29, 1.82) is 0 Å². The molecular weight excluding hydrogens is 459 g/mol. The lowest BCUT2D eigenvalue weighted by Crippen LogP contribution is -2.54. The molecule has 120 valence electrons. The lowest BCUT2D eigenvalue weighted by Gasteiger charge is -2.28. The van der Waals surface area contributed by atoms with Gasteiger partial charge < -0.3 is 0 Å². The number of carbonyl (C=O) groups excluding carboxylic acids is 2. The molecule has 1 aliphatic heterocycles. The van der Waals surface area contributed by atoms with Crippen molar-refractivity contribution in [3.05, 3.63) is 68.3 Å². The number of anilines is 1. The van der Waals surface area contributed by atoms with E-state index in [0.717, 1.165) is 9.13 Å². The number of thiocarbonyl (C=S) groups is 1. The predicted octanol–water partition coefficient (Wildman–Crippen LogP) is 3.78. The number of halogens is 2. The zero-order valence-corrected chi connectivity index (χ0v) is 15.9. The van der Waals surface area contributed by atoms with Crippen molar-refractivity contribution >= 4 is 75.1 Å². The molecule has 0 spiro atoms. The second-order valence-corrected chi connectivity index (χ2v) is 7.05. The van der Waals surface area contributed by atoms with Crippen molar-refractivity contribution in [1.82, 2.24) is 5.32 Å². The number of nitrogens with one attached hydrogen (secondary N) is 1. The van der Waals surface area contributed by atoms with E-state index in [2.05, 4.69) is 27.9 Å². The standard InChI is InChI=1S/C17H10ClIN2O2S/c18-11-3-7-13(8-4-11)21-16(23)14(15(22)20-17(21)24)9-10-1-5-12(19)6-2-10/h1-9H,(H,20,22,24)/b14-9+. The second kappa shape index (κ2) is 7.00. The summed E-state index contributed by atoms with van der Waals surface area (Å²) >= 11 is 13.2. The normalized spacial score (nSPS) is 16.5. The highest BCUT2D eigenvalue weighted by Gasteiger charge is 2.34. The minimum atomic E-state index is -0.506. The summed E-state index contributed by atoms with van der Waals surface area (Å²) in [4.78, 5) is 26.2. The van der Waals surface area contributed by atoms with E-state index in [1.165, 1.54) is 4.90 Å². The molecule has 1 N–H and O–H groups in total. The Morgan fingerprint density at radius 2 is 1.67 bits per heavy atom. The zero-order valence-electron chi connectivity index (χ0n) is 12.1. The van der Waals surface area contributed by atoms with E-state index in [1.807, 2.05) is 24.3 Å². The summed E-state index contributed by atoms with van der Waals surface area (Å²) in [5.74, 6) is -0.974. The van der Waals surface area contributed by atoms with Gasteiger partial charge >= 0.3 is 0 Å². The third-order valence-electron chi connectivity index (χ3n) is 3.37. The van der Waals surface area contributed by atoms with Gasteiger partial charge in [0.05, 0.1) is 5.69 Å². The number of amides is 2. The quantitative estimate of drug-likeness (QED) is 0.316. The maximum atomic E-state index is 12.8. The highest BCUT2D eigenvalue weighted by atomic mass is 127. The van der Waals surface area contributed by atoms with Crippen LogP contribution < -0.4 is 10.2 Å². The SMILES string of the molecule is O=C1NC(=S)N(c2ccc(Cl)cc2)C(=O)/C1=C/c1ccc(I)cc1. The molecular formula is C17H10ClIN2O2S. The molecule has 3 rings (SSSR count). The van der Waals surface area contributed by atoms with E-state index in [0.29, 0.717) is 10.7 Å². The number of carbonyl (C=O) groups is 2. The summed E-state index contributed by atoms with van der Waals surface area (Å²) in [5.41, 5.74) is 1.33. The third kappa shape index (κ3) is 3.50. The predicted molar refractivity (Wildman–Crippen MR) is 107 cm³/mol. The van der Waals surface area contributed by atoms with Gasteiger partial charge in [-0.3, -0.25) is 19.8 Å². The van der Waals surface area contributed by atoms with Crippen molar-refractivity contribution < 1.29 is 9.59 Å². The Bertz CT molecular complexity index is 863. The molecule has 0 atom stereocenters. The summed E-state index contributed by atoms with van der Waals surface area (Å²) < 4.78 is 1.07. The Labute approximate surface area is 162 Å². The van der Waals surface area contributed by atoms with E-state index in [4.69, 9.17) is 23.8 Å². The smallest absolute Gasteiger partial charge is 0.270 e. The van der Waals surface area contributed by atoms with Crippen LogP contribution in [0.25, 0.3) is 6.08 Å². The molecule has 24 heavy (non-hydrogen) atoms. The molecule has 2 aromatic rings. The molecule has 2 aromatic carbocycles. The first-order chi connectivity index (χ1) is 11.5. The minimum absolute atomic E-state index is 0.0276. The van der Waals surface area contributed by atoms with E-state index < -0.39 is 11.8 Å². The van der Waals surface area contributed by atoms with Crippen LogP contribution >= 0.6 is 46.4 Å². The molecule has 0 saturated carbocycles. The average molecular weight is 469 g/mol. The first-order valence-corrected chi connectivity index (χ1v) is 8.75. The molecule has 1 heterocycles. The van der Waals surface area contributed by atoms with Crippen LogP contribution in [0.4, 0.5) is 5.69 Å². The zero-order chi connectivity index (χ0) is 17.3. The van der Waals surface area contributed by atoms with Gasteiger partial charge in [0.15, 0.2) is 5.11 Å². The van der Waals surface area contributed by atoms with Gasteiger partial charge in [-0.15, -0.1) is 0 Å². The Morgan fingerprint density at radius 1 is 1.04 bits per heavy atom. The fraction of sp³-hybridized carbons (Fsp3) is 0. The first-order valence-electron chi connectivity index (χ1n) is 6.88. The van der Waals surface area contributed by atoms with E-state index in [-0.39, 0.29) is 10.7 Å². The van der Waals surface area contributed by atoms with Crippen molar-refractivity contribution in [2.75, 3.05) is 4.90 Å². The van der Waals surface area contributed by atoms with Gasteiger partial charge in [0.25, 0.3) is 11.8 Å². The van der Waals surface area contributed by atoms with E-state index >= 15 is 0 Å². The lowest BCUT2D eigenvalue weighted by molar-refractivity contribution is -0.122. The van der Waals surface area contributed by atoms with Gasteiger partial charge in [-0.1, -0.05) is 23.7 Å². The van der Waals surface area contributed by atoms with Crippen molar-refractivity contribution in [2.45, 2.75) is 0 Å². The Hall–Kier alpha value is -1.77. The molecule has 0 aliphatic carbocycles. The van der Waals surface area contributed by atoms with E-state index in [1.54, 1.807) is 30.3 Å². The molecule has 0 aromatic heterocycles. The van der Waals surface area contributed by atoms with Gasteiger partial charge in [-0.05, 0) is 82.8 Å². The van der Waals surface area contributed by atoms with Crippen LogP contribution in [-0.4, -0.2) is 16.9 Å². The Balaban J connectivity index is 1.99. The molecule has 7 heteroatoms. The minimum Gasteiger partial charge on any atom is -0.298 e. The second-order valence-electron chi connectivity index (χ2n) is 4.99. The summed E-state index contributed by atoms with van der Waals surface area (Å²) in [7, 11) is 0. The Morgan fingerprint density at radius 3 is 2.29 bits per heavy atom. The fourth-order valence-corrected chi connectivity index (χ4v) is 2.97. The molecule has 1 fully saturated rings. The van der Waals surface area contributed by atoms with Gasteiger partial charge in [-0.2, -0.15) is 0 Å². The summed E-state index contributed by atoms with van der Waals surface area (Å²) in [6.45, 7) is 0. The van der Waals surface area contributed by atoms with Crippen LogP contribution in [0.5, 0.6) is 0 Å². The van der Waals surface area contributed by atoms with Gasteiger partial charge in [0, 0.05) is 8.59 Å². The van der Waals surface area contributed by atoms with Gasteiger partial charge in [0.1, 0.15) is 5.57 Å². The first kappa shape index (κ1) is 17.1. The van der Waals surface area contributed by atoms with Crippen LogP contribution in [0.15, 0.2) is 54.1 Å². The van der Waals surface area contributed by atoms with Crippen molar-refractivity contribution in [3.63, 3.8) is 0 Å². The molecule has 1 aliphatic rings. The number of hydrogen-bond donors (Lipinski definition) is 1. The number of benzene rings is 2. The number of rotatable bonds is 2. The van der Waals surface area contributed by atoms with Crippen LogP contribution in [0.2, 0.25) is 5.02 Å². The third-order valence-corrected chi connectivity index (χ3v) is 4.62. The van der Waals surface area contributed by atoms with Crippen LogP contribution in [0.1, 0.15) is 5.56 Å². The largest absolute Gasteiger partial charge is 0.298 e. The average Bonchev–Trinajstić information content (AvgIpc) is 2.55. The Kier molecular flexibility index (Phi) is 4.98. The molecule has 0 unspecified atom stereocenters. The summed E-state index contributed by atoms with van der Waals surface area (Å²) in [6.07, 6.45) is 1.55. The topological polar surface area (TPSA) is 49.4 Å². The van der Waals surface area contributed by atoms with Gasteiger partial charge in [0.2, 0.25) is 0 Å². The maximum absolute atomic E-state index is 12.8. The van der Waals surface area contributed by atoms with Gasteiger partial charge in [-0.25, -0.2) is 0 Å². The van der Waals surface area contributed by atoms with Crippen LogP contribution in [0, 0.1) is 3.57 Å². The number of nitrogens with zero attached hydrogens (tertiary/aromatic N) is 1. The fourth-order valence-electron chi connectivity index (χ4n) is 2.21. The lowest BCUT2D eigenvalue weighted by atomic mass is 10.1. The molecule has 4 nitrogen and oxygen atoms in total. The monoisotopic (exact) mass is 468 g/mol. The molecule has 0 bridgehead atoms. The highest BCUT2D eigenvalue weighted by molar-refractivity contribution is 14.1. The van der Waals surface area contributed by atoms with Crippen LogP contribution in [-0.2, 0) is 9.59 Å². The van der Waals surface area contributed by atoms with Crippen molar-refractivity contribution in [3.8, 4) is 0 Å². The van der Waals surface area contributed by atoms with E-state index in [9.17, 15) is 9.59 Å². The highest BCUT2D eigenvalue weighted by Crippen LogP contribution is 2.23. The van der Waals surface area contributed by atoms with Crippen LogP contribution in [0.3, 0.4) is 0 Å².